The number of fused-ring (bicyclic) bond motifs is 1. The van der Waals surface area contributed by atoms with Crippen molar-refractivity contribution in [1.29, 1.82) is 0 Å². The molecule has 4 heterocycles. The van der Waals surface area contributed by atoms with Crippen LogP contribution in [0.15, 0.2) is 29.8 Å². The number of pyridine rings is 1. The molecular formula is C24H33N5OS. The maximum absolute atomic E-state index is 12.9. The fraction of sp³-hybridized carbons (Fsp3) is 0.542. The SMILES string of the molecule is Cc1cc(C(=O)NCCCCN2CC(C)CC(C)C2)c2cnn(Cc3cccs3)c2n1. The van der Waals surface area contributed by atoms with Crippen molar-refractivity contribution in [3.05, 3.63) is 45.9 Å². The highest BCUT2D eigenvalue weighted by Gasteiger charge is 2.21. The van der Waals surface area contributed by atoms with Crippen LogP contribution in [0.2, 0.25) is 0 Å². The summed E-state index contributed by atoms with van der Waals surface area (Å²) in [6, 6.07) is 5.99. The van der Waals surface area contributed by atoms with E-state index >= 15 is 0 Å². The number of carbonyl (C=O) groups is 1. The van der Waals surface area contributed by atoms with Crippen LogP contribution in [0.25, 0.3) is 11.0 Å². The van der Waals surface area contributed by atoms with Gasteiger partial charge in [0.1, 0.15) is 0 Å². The maximum atomic E-state index is 12.9. The second-order valence-corrected chi connectivity index (χ2v) is 10.1. The Morgan fingerprint density at radius 1 is 1.26 bits per heavy atom. The minimum Gasteiger partial charge on any atom is -0.352 e. The Morgan fingerprint density at radius 2 is 2.06 bits per heavy atom. The van der Waals surface area contributed by atoms with Crippen molar-refractivity contribution in [2.45, 2.75) is 46.6 Å². The Morgan fingerprint density at radius 3 is 2.81 bits per heavy atom. The number of rotatable bonds is 8. The van der Waals surface area contributed by atoms with Crippen molar-refractivity contribution in [2.75, 3.05) is 26.2 Å². The molecule has 6 nitrogen and oxygen atoms in total. The Labute approximate surface area is 188 Å². The molecule has 0 radical (unpaired) electrons. The van der Waals surface area contributed by atoms with Gasteiger partial charge in [-0.2, -0.15) is 5.10 Å². The van der Waals surface area contributed by atoms with E-state index in [0.717, 1.165) is 47.9 Å². The van der Waals surface area contributed by atoms with Crippen molar-refractivity contribution in [3.8, 4) is 0 Å². The average Bonchev–Trinajstić information content (AvgIpc) is 3.37. The Kier molecular flexibility index (Phi) is 7.02. The third-order valence-electron chi connectivity index (χ3n) is 6.00. The smallest absolute Gasteiger partial charge is 0.252 e. The number of amides is 1. The molecule has 2 atom stereocenters. The van der Waals surface area contributed by atoms with Gasteiger partial charge in [0.25, 0.3) is 5.91 Å². The van der Waals surface area contributed by atoms with E-state index in [9.17, 15) is 4.79 Å². The number of likely N-dealkylation sites (tertiary alicyclic amines) is 1. The van der Waals surface area contributed by atoms with E-state index in [4.69, 9.17) is 0 Å². The molecule has 1 aliphatic rings. The van der Waals surface area contributed by atoms with E-state index in [1.165, 1.54) is 24.4 Å². The molecule has 3 aromatic rings. The largest absolute Gasteiger partial charge is 0.352 e. The number of unbranched alkanes of at least 4 members (excludes halogenated alkanes) is 1. The molecule has 1 amide bonds. The summed E-state index contributed by atoms with van der Waals surface area (Å²) in [4.78, 5) is 21.4. The number of hydrogen-bond acceptors (Lipinski definition) is 5. The Hall–Kier alpha value is -2.25. The lowest BCUT2D eigenvalue weighted by atomic mass is 9.92. The molecule has 31 heavy (non-hydrogen) atoms. The first-order valence-electron chi connectivity index (χ1n) is 11.4. The lowest BCUT2D eigenvalue weighted by Gasteiger charge is -2.34. The number of nitrogens with one attached hydrogen (secondary N) is 1. The predicted molar refractivity (Wildman–Crippen MR) is 127 cm³/mol. The van der Waals surface area contributed by atoms with Gasteiger partial charge in [-0.25, -0.2) is 9.67 Å². The van der Waals surface area contributed by atoms with Crippen LogP contribution in [0, 0.1) is 18.8 Å². The molecule has 1 N–H and O–H groups in total. The Bertz CT molecular complexity index is 1000. The summed E-state index contributed by atoms with van der Waals surface area (Å²) >= 11 is 1.70. The van der Waals surface area contributed by atoms with Crippen molar-refractivity contribution in [2.24, 2.45) is 11.8 Å². The van der Waals surface area contributed by atoms with Gasteiger partial charge in [0.15, 0.2) is 5.65 Å². The summed E-state index contributed by atoms with van der Waals surface area (Å²) in [5, 5.41) is 10.5. The maximum Gasteiger partial charge on any atom is 0.252 e. The summed E-state index contributed by atoms with van der Waals surface area (Å²) in [5.74, 6) is 1.55. The quantitative estimate of drug-likeness (QED) is 0.531. The minimum atomic E-state index is -0.0357. The normalized spacial score (nSPS) is 19.7. The number of aryl methyl sites for hydroxylation is 1. The van der Waals surface area contributed by atoms with Gasteiger partial charge in [-0.3, -0.25) is 4.79 Å². The summed E-state index contributed by atoms with van der Waals surface area (Å²) in [6.45, 7) is 11.5. The molecule has 166 valence electrons. The van der Waals surface area contributed by atoms with Crippen LogP contribution >= 0.6 is 11.3 Å². The number of aromatic nitrogens is 3. The van der Waals surface area contributed by atoms with Crippen LogP contribution in [0.1, 0.15) is 54.0 Å². The van der Waals surface area contributed by atoms with E-state index in [-0.39, 0.29) is 5.91 Å². The van der Waals surface area contributed by atoms with Crippen LogP contribution < -0.4 is 5.32 Å². The number of nitrogens with zero attached hydrogens (tertiary/aromatic N) is 4. The van der Waals surface area contributed by atoms with Crippen LogP contribution in [0.3, 0.4) is 0 Å². The summed E-state index contributed by atoms with van der Waals surface area (Å²) in [6.07, 6.45) is 5.22. The highest BCUT2D eigenvalue weighted by atomic mass is 32.1. The molecular weight excluding hydrogens is 406 g/mol. The van der Waals surface area contributed by atoms with Crippen LogP contribution in [0.4, 0.5) is 0 Å². The minimum absolute atomic E-state index is 0.0357. The van der Waals surface area contributed by atoms with Crippen molar-refractivity contribution >= 4 is 28.3 Å². The summed E-state index contributed by atoms with van der Waals surface area (Å²) in [7, 11) is 0. The number of hydrogen-bond donors (Lipinski definition) is 1. The number of carbonyl (C=O) groups excluding carboxylic acids is 1. The van der Waals surface area contributed by atoms with Crippen LogP contribution in [0.5, 0.6) is 0 Å². The van der Waals surface area contributed by atoms with Crippen molar-refractivity contribution in [1.82, 2.24) is 25.0 Å². The molecule has 0 saturated carbocycles. The van der Waals surface area contributed by atoms with Gasteiger partial charge < -0.3 is 10.2 Å². The number of piperidine rings is 1. The third-order valence-corrected chi connectivity index (χ3v) is 6.86. The molecule has 0 spiro atoms. The zero-order valence-electron chi connectivity index (χ0n) is 18.8. The van der Waals surface area contributed by atoms with Gasteiger partial charge in [-0.1, -0.05) is 19.9 Å². The summed E-state index contributed by atoms with van der Waals surface area (Å²) in [5.41, 5.74) is 2.27. The van der Waals surface area contributed by atoms with E-state index in [1.54, 1.807) is 17.5 Å². The predicted octanol–water partition coefficient (Wildman–Crippen LogP) is 4.34. The molecule has 7 heteroatoms. The average molecular weight is 440 g/mol. The van der Waals surface area contributed by atoms with Gasteiger partial charge in [0.05, 0.1) is 23.7 Å². The molecule has 1 saturated heterocycles. The zero-order valence-corrected chi connectivity index (χ0v) is 19.6. The van der Waals surface area contributed by atoms with E-state index in [2.05, 4.69) is 45.6 Å². The molecule has 0 bridgehead atoms. The summed E-state index contributed by atoms with van der Waals surface area (Å²) < 4.78 is 1.88. The van der Waals surface area contributed by atoms with Crippen LogP contribution in [-0.4, -0.2) is 51.8 Å². The number of thiophene rings is 1. The van der Waals surface area contributed by atoms with E-state index in [0.29, 0.717) is 18.7 Å². The van der Waals surface area contributed by atoms with Gasteiger partial charge in [0, 0.05) is 30.2 Å². The van der Waals surface area contributed by atoms with E-state index in [1.807, 2.05) is 23.7 Å². The zero-order chi connectivity index (χ0) is 21.8. The van der Waals surface area contributed by atoms with E-state index < -0.39 is 0 Å². The molecule has 2 unspecified atom stereocenters. The molecule has 1 aliphatic heterocycles. The second-order valence-electron chi connectivity index (χ2n) is 9.10. The second kappa shape index (κ2) is 9.92. The first kappa shape index (κ1) is 22.0. The standard InChI is InChI=1S/C24H33N5OS/c1-17-11-18(2)15-28(14-17)9-5-4-8-25-24(30)21-12-19(3)27-23-22(21)13-26-29(23)16-20-7-6-10-31-20/h6-7,10,12-13,17-18H,4-5,8-9,11,14-16H2,1-3H3,(H,25,30). The molecule has 0 aromatic carbocycles. The van der Waals surface area contributed by atoms with Gasteiger partial charge in [0.2, 0.25) is 0 Å². The van der Waals surface area contributed by atoms with Crippen LogP contribution in [-0.2, 0) is 6.54 Å². The van der Waals surface area contributed by atoms with Crippen molar-refractivity contribution in [3.63, 3.8) is 0 Å². The highest BCUT2D eigenvalue weighted by molar-refractivity contribution is 7.09. The lowest BCUT2D eigenvalue weighted by Crippen LogP contribution is -2.39. The lowest BCUT2D eigenvalue weighted by molar-refractivity contribution is 0.0953. The molecule has 0 aliphatic carbocycles. The highest BCUT2D eigenvalue weighted by Crippen LogP contribution is 2.22. The van der Waals surface area contributed by atoms with Gasteiger partial charge in [-0.05, 0) is 62.1 Å². The first-order chi connectivity index (χ1) is 15.0. The monoisotopic (exact) mass is 439 g/mol. The topological polar surface area (TPSA) is 63.1 Å². The fourth-order valence-electron chi connectivity index (χ4n) is 4.76. The third kappa shape index (κ3) is 5.52. The fourth-order valence-corrected chi connectivity index (χ4v) is 5.44. The van der Waals surface area contributed by atoms with Crippen molar-refractivity contribution < 1.29 is 4.79 Å². The van der Waals surface area contributed by atoms with Gasteiger partial charge >= 0.3 is 0 Å². The Balaban J connectivity index is 1.33. The molecule has 4 rings (SSSR count). The molecule has 1 fully saturated rings. The molecule has 3 aromatic heterocycles. The first-order valence-corrected chi connectivity index (χ1v) is 12.2. The van der Waals surface area contributed by atoms with Gasteiger partial charge in [-0.15, -0.1) is 11.3 Å².